The SMILES string of the molecule is CC1CC1.CN1CCCC1. The monoisotopic (exact) mass is 141 g/mol. The molecule has 1 aliphatic heterocycles. The van der Waals surface area contributed by atoms with Crippen molar-refractivity contribution >= 4 is 0 Å². The Bertz CT molecular complexity index is 80.7. The lowest BCUT2D eigenvalue weighted by Gasteiger charge is -2.01. The van der Waals surface area contributed by atoms with E-state index in [1.165, 1.54) is 38.8 Å². The van der Waals surface area contributed by atoms with Crippen molar-refractivity contribution in [3.63, 3.8) is 0 Å². The van der Waals surface area contributed by atoms with E-state index in [-0.39, 0.29) is 0 Å². The van der Waals surface area contributed by atoms with E-state index >= 15 is 0 Å². The van der Waals surface area contributed by atoms with Crippen LogP contribution in [0.1, 0.15) is 32.6 Å². The molecule has 0 bridgehead atoms. The third kappa shape index (κ3) is 3.89. The molecular weight excluding hydrogens is 122 g/mol. The van der Waals surface area contributed by atoms with Gasteiger partial charge in [0.05, 0.1) is 0 Å². The molecule has 2 rings (SSSR count). The van der Waals surface area contributed by atoms with Crippen molar-refractivity contribution in [1.29, 1.82) is 0 Å². The maximum atomic E-state index is 2.36. The van der Waals surface area contributed by atoms with Crippen LogP contribution in [-0.4, -0.2) is 25.0 Å². The van der Waals surface area contributed by atoms with E-state index in [1.807, 2.05) is 0 Å². The van der Waals surface area contributed by atoms with Gasteiger partial charge in [0.15, 0.2) is 0 Å². The Morgan fingerprint density at radius 1 is 1.10 bits per heavy atom. The van der Waals surface area contributed by atoms with E-state index in [0.717, 1.165) is 5.92 Å². The molecule has 0 aromatic carbocycles. The second-order valence-electron chi connectivity index (χ2n) is 3.69. The molecule has 0 atom stereocenters. The van der Waals surface area contributed by atoms with Crippen LogP contribution in [0.5, 0.6) is 0 Å². The minimum absolute atomic E-state index is 1.08. The molecule has 0 aromatic heterocycles. The topological polar surface area (TPSA) is 3.24 Å². The first-order chi connectivity index (χ1) is 4.79. The van der Waals surface area contributed by atoms with Crippen LogP contribution in [0.15, 0.2) is 0 Å². The van der Waals surface area contributed by atoms with Crippen molar-refractivity contribution in [2.45, 2.75) is 32.6 Å². The molecule has 0 spiro atoms. The molecule has 0 unspecified atom stereocenters. The maximum absolute atomic E-state index is 2.36. The second-order valence-corrected chi connectivity index (χ2v) is 3.69. The molecule has 2 aliphatic rings. The first-order valence-electron chi connectivity index (χ1n) is 4.47. The van der Waals surface area contributed by atoms with E-state index in [4.69, 9.17) is 0 Å². The number of nitrogens with zero attached hydrogens (tertiary/aromatic N) is 1. The van der Waals surface area contributed by atoms with Gasteiger partial charge in [0.25, 0.3) is 0 Å². The molecule has 0 aromatic rings. The highest BCUT2D eigenvalue weighted by Gasteiger charge is 2.12. The summed E-state index contributed by atoms with van der Waals surface area (Å²) in [6, 6.07) is 0. The van der Waals surface area contributed by atoms with Crippen LogP contribution in [0, 0.1) is 5.92 Å². The average molecular weight is 141 g/mol. The zero-order valence-electron chi connectivity index (χ0n) is 7.27. The van der Waals surface area contributed by atoms with Gasteiger partial charge in [-0.25, -0.2) is 0 Å². The van der Waals surface area contributed by atoms with Gasteiger partial charge in [0, 0.05) is 0 Å². The van der Waals surface area contributed by atoms with Gasteiger partial charge in [0.1, 0.15) is 0 Å². The van der Waals surface area contributed by atoms with Gasteiger partial charge in [-0.05, 0) is 38.9 Å². The van der Waals surface area contributed by atoms with E-state index in [9.17, 15) is 0 Å². The Hall–Kier alpha value is -0.0400. The Morgan fingerprint density at radius 3 is 1.60 bits per heavy atom. The van der Waals surface area contributed by atoms with Crippen molar-refractivity contribution in [3.8, 4) is 0 Å². The van der Waals surface area contributed by atoms with Crippen molar-refractivity contribution < 1.29 is 0 Å². The summed E-state index contributed by atoms with van der Waals surface area (Å²) in [7, 11) is 2.17. The molecule has 1 aliphatic carbocycles. The zero-order valence-corrected chi connectivity index (χ0v) is 7.27. The summed E-state index contributed by atoms with van der Waals surface area (Å²) in [5.41, 5.74) is 0. The standard InChI is InChI=1S/C5H11N.C4H8/c1-6-4-2-3-5-6;1-4-2-3-4/h2-5H2,1H3;4H,2-3H2,1H3. The molecule has 10 heavy (non-hydrogen) atoms. The minimum atomic E-state index is 1.08. The van der Waals surface area contributed by atoms with E-state index in [2.05, 4.69) is 18.9 Å². The van der Waals surface area contributed by atoms with E-state index in [0.29, 0.717) is 0 Å². The molecule has 1 saturated carbocycles. The Morgan fingerprint density at radius 2 is 1.50 bits per heavy atom. The van der Waals surface area contributed by atoms with Gasteiger partial charge >= 0.3 is 0 Å². The van der Waals surface area contributed by atoms with Gasteiger partial charge in [-0.1, -0.05) is 19.8 Å². The van der Waals surface area contributed by atoms with Crippen molar-refractivity contribution in [2.24, 2.45) is 5.92 Å². The second kappa shape index (κ2) is 3.97. The van der Waals surface area contributed by atoms with Crippen LogP contribution in [0.3, 0.4) is 0 Å². The predicted molar refractivity (Wildman–Crippen MR) is 45.1 cm³/mol. The lowest BCUT2D eigenvalue weighted by atomic mass is 10.4. The summed E-state index contributed by atoms with van der Waals surface area (Å²) in [6.45, 7) is 4.92. The van der Waals surface area contributed by atoms with Gasteiger partial charge in [-0.2, -0.15) is 0 Å². The fourth-order valence-electron chi connectivity index (χ4n) is 1.04. The van der Waals surface area contributed by atoms with E-state index in [1.54, 1.807) is 0 Å². The summed E-state index contributed by atoms with van der Waals surface area (Å²) in [5.74, 6) is 1.08. The summed E-state index contributed by atoms with van der Waals surface area (Å²) in [5, 5.41) is 0. The smallest absolute Gasteiger partial charge is 0.00213 e. The average Bonchev–Trinajstić information content (AvgIpc) is 2.50. The van der Waals surface area contributed by atoms with Gasteiger partial charge < -0.3 is 4.90 Å². The van der Waals surface area contributed by atoms with Crippen LogP contribution in [0.25, 0.3) is 0 Å². The zero-order chi connectivity index (χ0) is 7.40. The third-order valence-corrected chi connectivity index (χ3v) is 2.20. The lowest BCUT2D eigenvalue weighted by Crippen LogP contribution is -2.10. The Labute approximate surface area is 64.4 Å². The van der Waals surface area contributed by atoms with Gasteiger partial charge in [0.2, 0.25) is 0 Å². The number of rotatable bonds is 0. The number of hydrogen-bond donors (Lipinski definition) is 0. The molecule has 1 heteroatoms. The van der Waals surface area contributed by atoms with Crippen LogP contribution < -0.4 is 0 Å². The molecule has 0 radical (unpaired) electrons. The summed E-state index contributed by atoms with van der Waals surface area (Å²) < 4.78 is 0. The predicted octanol–water partition coefficient (Wildman–Crippen LogP) is 2.13. The summed E-state index contributed by atoms with van der Waals surface area (Å²) >= 11 is 0. The molecule has 2 fully saturated rings. The maximum Gasteiger partial charge on any atom is -0.00213 e. The summed E-state index contributed by atoms with van der Waals surface area (Å²) in [6.07, 6.45) is 5.80. The number of likely N-dealkylation sites (tertiary alicyclic amines) is 1. The highest BCUT2D eigenvalue weighted by Crippen LogP contribution is 2.26. The molecule has 0 amide bonds. The molecule has 0 N–H and O–H groups in total. The summed E-state index contributed by atoms with van der Waals surface area (Å²) in [4.78, 5) is 2.36. The van der Waals surface area contributed by atoms with Gasteiger partial charge in [-0.15, -0.1) is 0 Å². The van der Waals surface area contributed by atoms with Crippen LogP contribution in [0.4, 0.5) is 0 Å². The first-order valence-corrected chi connectivity index (χ1v) is 4.47. The largest absolute Gasteiger partial charge is 0.306 e. The molecule has 1 heterocycles. The molecule has 1 saturated heterocycles. The molecule has 1 nitrogen and oxygen atoms in total. The normalized spacial score (nSPS) is 25.8. The third-order valence-electron chi connectivity index (χ3n) is 2.20. The van der Waals surface area contributed by atoms with E-state index < -0.39 is 0 Å². The highest BCUT2D eigenvalue weighted by atomic mass is 15.1. The lowest BCUT2D eigenvalue weighted by molar-refractivity contribution is 0.418. The van der Waals surface area contributed by atoms with Crippen molar-refractivity contribution in [1.82, 2.24) is 4.90 Å². The van der Waals surface area contributed by atoms with Crippen molar-refractivity contribution in [3.05, 3.63) is 0 Å². The fraction of sp³-hybridized carbons (Fsp3) is 1.00. The minimum Gasteiger partial charge on any atom is -0.306 e. The van der Waals surface area contributed by atoms with Gasteiger partial charge in [-0.3, -0.25) is 0 Å². The molecule has 60 valence electrons. The quantitative estimate of drug-likeness (QED) is 0.499. The Balaban J connectivity index is 0.000000108. The van der Waals surface area contributed by atoms with Crippen molar-refractivity contribution in [2.75, 3.05) is 20.1 Å². The fourth-order valence-corrected chi connectivity index (χ4v) is 1.04. The molecular formula is C9H19N. The van der Waals surface area contributed by atoms with Crippen LogP contribution >= 0.6 is 0 Å². The first kappa shape index (κ1) is 8.06. The Kier molecular flexibility index (Phi) is 3.20. The highest BCUT2D eigenvalue weighted by molar-refractivity contribution is 4.65. The van der Waals surface area contributed by atoms with Crippen LogP contribution in [0.2, 0.25) is 0 Å². The number of hydrogen-bond acceptors (Lipinski definition) is 1. The van der Waals surface area contributed by atoms with Crippen LogP contribution in [-0.2, 0) is 0 Å².